The quantitative estimate of drug-likeness (QED) is 0.425. The molecule has 0 bridgehead atoms. The maximum absolute atomic E-state index is 12.7. The van der Waals surface area contributed by atoms with Gasteiger partial charge in [-0.25, -0.2) is 22.6 Å². The average molecular weight is 435 g/mol. The van der Waals surface area contributed by atoms with Crippen LogP contribution in [0.4, 0.5) is 5.69 Å². The minimum Gasteiger partial charge on any atom is -0.271 e. The van der Waals surface area contributed by atoms with Gasteiger partial charge >= 0.3 is 5.69 Å². The fourth-order valence-corrected chi connectivity index (χ4v) is 4.64. The smallest absolute Gasteiger partial charge is 0.271 e. The van der Waals surface area contributed by atoms with Gasteiger partial charge in [-0.1, -0.05) is 6.07 Å². The highest BCUT2D eigenvalue weighted by molar-refractivity contribution is 7.89. The second-order valence-electron chi connectivity index (χ2n) is 6.56. The molecule has 1 saturated carbocycles. The number of non-ortho nitro benzene ring substituents is 1. The molecule has 1 aliphatic rings. The van der Waals surface area contributed by atoms with Gasteiger partial charge < -0.3 is 0 Å². The molecule has 1 fully saturated rings. The van der Waals surface area contributed by atoms with Crippen LogP contribution >= 0.6 is 11.3 Å². The lowest BCUT2D eigenvalue weighted by atomic mass is 10.3. The molecule has 1 aliphatic carbocycles. The summed E-state index contributed by atoms with van der Waals surface area (Å²) < 4.78 is 30.1. The highest BCUT2D eigenvalue weighted by atomic mass is 32.2. The van der Waals surface area contributed by atoms with E-state index in [4.69, 9.17) is 0 Å². The van der Waals surface area contributed by atoms with E-state index in [9.17, 15) is 23.3 Å². The molecular weight excluding hydrogens is 418 g/mol. The van der Waals surface area contributed by atoms with Gasteiger partial charge in [-0.3, -0.25) is 14.7 Å². The van der Waals surface area contributed by atoms with Crippen molar-refractivity contribution in [3.05, 3.63) is 62.4 Å². The summed E-state index contributed by atoms with van der Waals surface area (Å²) in [4.78, 5) is 23.6. The molecule has 0 atom stereocenters. The van der Waals surface area contributed by atoms with Crippen molar-refractivity contribution < 1.29 is 13.3 Å². The number of rotatable bonds is 8. The Bertz CT molecular complexity index is 1190. The van der Waals surface area contributed by atoms with E-state index in [0.29, 0.717) is 5.82 Å². The predicted octanol–water partition coefficient (Wildman–Crippen LogP) is 1.99. The summed E-state index contributed by atoms with van der Waals surface area (Å²) in [7, 11) is -3.86. The topological polar surface area (TPSA) is 129 Å². The average Bonchev–Trinajstić information content (AvgIpc) is 3.27. The van der Waals surface area contributed by atoms with Crippen molar-refractivity contribution in [1.82, 2.24) is 19.1 Å². The van der Waals surface area contributed by atoms with Crippen LogP contribution in [0.25, 0.3) is 10.7 Å². The molecule has 3 aromatic rings. The molecule has 0 saturated heterocycles. The van der Waals surface area contributed by atoms with Gasteiger partial charge in [-0.05, 0) is 36.4 Å². The molecule has 2 aromatic heterocycles. The monoisotopic (exact) mass is 435 g/mol. The molecule has 4 rings (SSSR count). The molecule has 0 unspecified atom stereocenters. The van der Waals surface area contributed by atoms with E-state index in [1.54, 1.807) is 4.57 Å². The maximum atomic E-state index is 12.7. The van der Waals surface area contributed by atoms with Crippen LogP contribution in [-0.2, 0) is 16.6 Å². The van der Waals surface area contributed by atoms with Crippen LogP contribution in [0, 0.1) is 10.1 Å². The lowest BCUT2D eigenvalue weighted by Gasteiger charge is -2.06. The number of benzene rings is 1. The van der Waals surface area contributed by atoms with Gasteiger partial charge in [0.1, 0.15) is 0 Å². The highest BCUT2D eigenvalue weighted by Crippen LogP contribution is 2.37. The van der Waals surface area contributed by atoms with E-state index in [1.165, 1.54) is 28.2 Å². The van der Waals surface area contributed by atoms with E-state index in [1.807, 2.05) is 17.5 Å². The molecular formula is C17H17N5O5S2. The fourth-order valence-electron chi connectivity index (χ4n) is 2.92. The summed E-state index contributed by atoms with van der Waals surface area (Å²) in [5.41, 5.74) is -0.451. The van der Waals surface area contributed by atoms with Crippen molar-refractivity contribution in [2.45, 2.75) is 30.3 Å². The van der Waals surface area contributed by atoms with Gasteiger partial charge in [0.25, 0.3) is 5.69 Å². The summed E-state index contributed by atoms with van der Waals surface area (Å²) >= 11 is 1.49. The lowest BCUT2D eigenvalue weighted by molar-refractivity contribution is -0.384. The molecule has 0 amide bonds. The summed E-state index contributed by atoms with van der Waals surface area (Å²) in [6.07, 6.45) is 1.85. The maximum Gasteiger partial charge on any atom is 0.346 e. The normalized spacial score (nSPS) is 14.2. The zero-order valence-electron chi connectivity index (χ0n) is 15.1. The first-order chi connectivity index (χ1) is 13.9. The zero-order chi connectivity index (χ0) is 20.6. The number of nitrogens with one attached hydrogen (secondary N) is 1. The van der Waals surface area contributed by atoms with Crippen LogP contribution < -0.4 is 10.4 Å². The van der Waals surface area contributed by atoms with Crippen molar-refractivity contribution in [1.29, 1.82) is 0 Å². The van der Waals surface area contributed by atoms with Crippen LogP contribution in [0.15, 0.2) is 51.5 Å². The van der Waals surface area contributed by atoms with Gasteiger partial charge in [-0.15, -0.1) is 16.4 Å². The second-order valence-corrected chi connectivity index (χ2v) is 9.27. The van der Waals surface area contributed by atoms with Gasteiger partial charge in [0.2, 0.25) is 10.0 Å². The first kappa shape index (κ1) is 19.5. The Morgan fingerprint density at radius 2 is 1.97 bits per heavy atom. The van der Waals surface area contributed by atoms with E-state index < -0.39 is 14.9 Å². The summed E-state index contributed by atoms with van der Waals surface area (Å²) in [5, 5.41) is 17.0. The minimum absolute atomic E-state index is 0.0369. The van der Waals surface area contributed by atoms with E-state index in [0.717, 1.165) is 29.9 Å². The molecule has 29 heavy (non-hydrogen) atoms. The van der Waals surface area contributed by atoms with Crippen LogP contribution in [0.3, 0.4) is 0 Å². The molecule has 1 N–H and O–H groups in total. The number of aromatic nitrogens is 3. The van der Waals surface area contributed by atoms with E-state index >= 15 is 0 Å². The number of hydrogen-bond acceptors (Lipinski definition) is 7. The molecule has 0 aliphatic heterocycles. The van der Waals surface area contributed by atoms with Crippen LogP contribution in [-0.4, -0.2) is 34.2 Å². The molecule has 1 aromatic carbocycles. The standard InChI is InChI=1S/C17H17N5O5S2/c23-17-20(19-16(15-2-1-11-28-15)21(17)12-3-4-12)10-9-18-29(26,27)14-7-5-13(6-8-14)22(24)25/h1-2,5-8,11-12,18H,3-4,9-10H2. The predicted molar refractivity (Wildman–Crippen MR) is 106 cm³/mol. The molecule has 152 valence electrons. The van der Waals surface area contributed by atoms with Crippen molar-refractivity contribution in [3.63, 3.8) is 0 Å². The Morgan fingerprint density at radius 1 is 1.24 bits per heavy atom. The number of nitro benzene ring substituents is 1. The lowest BCUT2D eigenvalue weighted by Crippen LogP contribution is -2.32. The SMILES string of the molecule is O=c1n(CCNS(=O)(=O)c2ccc([N+](=O)[O-])cc2)nc(-c2cccs2)n1C1CC1. The highest BCUT2D eigenvalue weighted by Gasteiger charge is 2.30. The van der Waals surface area contributed by atoms with Gasteiger partial charge in [-0.2, -0.15) is 0 Å². The third-order valence-corrected chi connectivity index (χ3v) is 6.84. The van der Waals surface area contributed by atoms with Gasteiger partial charge in [0.15, 0.2) is 5.82 Å². The molecule has 2 heterocycles. The van der Waals surface area contributed by atoms with Gasteiger partial charge in [0.05, 0.1) is 21.2 Å². The van der Waals surface area contributed by atoms with Crippen molar-refractivity contribution in [2.75, 3.05) is 6.54 Å². The Hall–Kier alpha value is -2.83. The summed E-state index contributed by atoms with van der Waals surface area (Å²) in [5.74, 6) is 0.603. The Morgan fingerprint density at radius 3 is 2.55 bits per heavy atom. The number of nitrogens with zero attached hydrogens (tertiary/aromatic N) is 4. The van der Waals surface area contributed by atoms with Crippen LogP contribution in [0.5, 0.6) is 0 Å². The third kappa shape index (κ3) is 3.99. The number of nitro groups is 1. The summed E-state index contributed by atoms with van der Waals surface area (Å²) in [6, 6.07) is 8.52. The first-order valence-corrected chi connectivity index (χ1v) is 11.2. The van der Waals surface area contributed by atoms with E-state index in [-0.39, 0.29) is 35.4 Å². The Balaban J connectivity index is 1.49. The fraction of sp³-hybridized carbons (Fsp3) is 0.294. The Labute approximate surface area is 169 Å². The van der Waals surface area contributed by atoms with E-state index in [2.05, 4.69) is 9.82 Å². The van der Waals surface area contributed by atoms with Crippen molar-refractivity contribution in [2.24, 2.45) is 0 Å². The largest absolute Gasteiger partial charge is 0.346 e. The Kier molecular flexibility index (Phi) is 5.06. The number of sulfonamides is 1. The van der Waals surface area contributed by atoms with Crippen molar-refractivity contribution in [3.8, 4) is 10.7 Å². The summed E-state index contributed by atoms with van der Waals surface area (Å²) in [6.45, 7) is 0.0356. The molecule has 0 radical (unpaired) electrons. The zero-order valence-corrected chi connectivity index (χ0v) is 16.7. The van der Waals surface area contributed by atoms with Crippen LogP contribution in [0.1, 0.15) is 18.9 Å². The minimum atomic E-state index is -3.86. The third-order valence-electron chi connectivity index (χ3n) is 4.50. The molecule has 10 nitrogen and oxygen atoms in total. The van der Waals surface area contributed by atoms with Crippen LogP contribution in [0.2, 0.25) is 0 Å². The number of thiophene rings is 1. The number of hydrogen-bond donors (Lipinski definition) is 1. The van der Waals surface area contributed by atoms with Gasteiger partial charge in [0, 0.05) is 24.7 Å². The molecule has 0 spiro atoms. The second kappa shape index (κ2) is 7.54. The molecule has 12 heteroatoms. The van der Waals surface area contributed by atoms with Crippen molar-refractivity contribution >= 4 is 27.0 Å². The first-order valence-electron chi connectivity index (χ1n) is 8.84.